The molecule has 0 saturated carbocycles. The number of aryl methyl sites for hydroxylation is 1. The number of hydrogen-bond donors (Lipinski definition) is 1. The summed E-state index contributed by atoms with van der Waals surface area (Å²) in [4.78, 5) is 31.8. The highest BCUT2D eigenvalue weighted by molar-refractivity contribution is 6.46. The maximum Gasteiger partial charge on any atom is 0.295 e. The molecule has 1 aromatic heterocycles. The van der Waals surface area contributed by atoms with Crippen LogP contribution in [0, 0.1) is 12.7 Å². The third-order valence-electron chi connectivity index (χ3n) is 6.27. The van der Waals surface area contributed by atoms with Crippen LogP contribution in [0.1, 0.15) is 54.5 Å². The Morgan fingerprint density at radius 1 is 1.11 bits per heavy atom. The van der Waals surface area contributed by atoms with E-state index in [1.807, 2.05) is 6.07 Å². The fourth-order valence-corrected chi connectivity index (χ4v) is 4.26. The summed E-state index contributed by atoms with van der Waals surface area (Å²) >= 11 is 0. The van der Waals surface area contributed by atoms with Crippen LogP contribution in [-0.4, -0.2) is 33.3 Å². The van der Waals surface area contributed by atoms with Crippen LogP contribution < -0.4 is 4.74 Å². The van der Waals surface area contributed by atoms with Crippen LogP contribution in [0.2, 0.25) is 0 Å². The molecule has 7 heteroatoms. The highest BCUT2D eigenvalue weighted by atomic mass is 19.1. The number of benzene rings is 2. The number of halogens is 1. The SMILES string of the molecule is CCCCCOc1ccc(C2/C(=C(/O)c3ccc(C)c(F)c3)C(=O)C(=O)N2Cc2cccnc2)cc1. The van der Waals surface area contributed by atoms with Crippen LogP contribution >= 0.6 is 0 Å². The molecule has 0 bridgehead atoms. The van der Waals surface area contributed by atoms with E-state index in [4.69, 9.17) is 4.74 Å². The number of rotatable bonds is 9. The summed E-state index contributed by atoms with van der Waals surface area (Å²) in [5.74, 6) is -1.80. The van der Waals surface area contributed by atoms with E-state index in [2.05, 4.69) is 11.9 Å². The summed E-state index contributed by atoms with van der Waals surface area (Å²) in [6, 6.07) is 14.1. The second-order valence-electron chi connectivity index (χ2n) is 8.88. The summed E-state index contributed by atoms with van der Waals surface area (Å²) < 4.78 is 20.1. The van der Waals surface area contributed by atoms with E-state index in [0.29, 0.717) is 23.5 Å². The minimum Gasteiger partial charge on any atom is -0.507 e. The molecule has 3 aromatic rings. The molecule has 0 spiro atoms. The van der Waals surface area contributed by atoms with Gasteiger partial charge in [0.05, 0.1) is 18.2 Å². The van der Waals surface area contributed by atoms with Crippen LogP contribution in [-0.2, 0) is 16.1 Å². The van der Waals surface area contributed by atoms with Gasteiger partial charge >= 0.3 is 0 Å². The zero-order valence-electron chi connectivity index (χ0n) is 20.4. The molecule has 36 heavy (non-hydrogen) atoms. The Balaban J connectivity index is 1.74. The van der Waals surface area contributed by atoms with Crippen LogP contribution in [0.15, 0.2) is 72.6 Å². The van der Waals surface area contributed by atoms with Gasteiger partial charge in [0.15, 0.2) is 0 Å². The van der Waals surface area contributed by atoms with Gasteiger partial charge in [0.25, 0.3) is 11.7 Å². The number of Topliss-reactive ketones (excluding diaryl/α,β-unsaturated/α-hetero) is 1. The second-order valence-corrected chi connectivity index (χ2v) is 8.88. The van der Waals surface area contributed by atoms with E-state index in [9.17, 15) is 19.1 Å². The first-order chi connectivity index (χ1) is 17.4. The Hall–Kier alpha value is -4.00. The number of carbonyl (C=O) groups is 2. The van der Waals surface area contributed by atoms with Gasteiger partial charge in [0, 0.05) is 24.5 Å². The lowest BCUT2D eigenvalue weighted by Gasteiger charge is -2.25. The molecular weight excluding hydrogens is 459 g/mol. The summed E-state index contributed by atoms with van der Waals surface area (Å²) in [5.41, 5.74) is 1.84. The number of aromatic nitrogens is 1. The van der Waals surface area contributed by atoms with Crippen molar-refractivity contribution in [3.8, 4) is 5.75 Å². The number of pyridine rings is 1. The van der Waals surface area contributed by atoms with Crippen LogP contribution in [0.3, 0.4) is 0 Å². The molecule has 1 aliphatic heterocycles. The van der Waals surface area contributed by atoms with E-state index < -0.39 is 29.3 Å². The normalized spacial score (nSPS) is 17.0. The quantitative estimate of drug-likeness (QED) is 0.180. The van der Waals surface area contributed by atoms with Crippen molar-refractivity contribution in [1.29, 1.82) is 0 Å². The zero-order chi connectivity index (χ0) is 25.7. The Labute approximate surface area is 210 Å². The number of likely N-dealkylation sites (tertiary alicyclic amines) is 1. The van der Waals surface area contributed by atoms with Gasteiger partial charge in [0.2, 0.25) is 0 Å². The Kier molecular flexibility index (Phi) is 7.78. The maximum absolute atomic E-state index is 14.3. The third kappa shape index (κ3) is 5.30. The summed E-state index contributed by atoms with van der Waals surface area (Å²) in [6.07, 6.45) is 6.39. The van der Waals surface area contributed by atoms with Crippen molar-refractivity contribution in [3.63, 3.8) is 0 Å². The van der Waals surface area contributed by atoms with Gasteiger partial charge < -0.3 is 14.7 Å². The molecule has 6 nitrogen and oxygen atoms in total. The van der Waals surface area contributed by atoms with Crippen molar-refractivity contribution in [1.82, 2.24) is 9.88 Å². The highest BCUT2D eigenvalue weighted by Gasteiger charge is 2.46. The molecule has 1 aliphatic rings. The molecular formula is C29H29FN2O4. The predicted molar refractivity (Wildman–Crippen MR) is 135 cm³/mol. The van der Waals surface area contributed by atoms with Crippen molar-refractivity contribution in [2.75, 3.05) is 6.61 Å². The lowest BCUT2D eigenvalue weighted by atomic mass is 9.94. The van der Waals surface area contributed by atoms with Crippen LogP contribution in [0.25, 0.3) is 5.76 Å². The smallest absolute Gasteiger partial charge is 0.295 e. The Bertz CT molecular complexity index is 1270. The average Bonchev–Trinajstić information content (AvgIpc) is 3.13. The maximum atomic E-state index is 14.3. The number of unbranched alkanes of at least 4 members (excludes halogenated alkanes) is 2. The minimum absolute atomic E-state index is 0.0799. The lowest BCUT2D eigenvalue weighted by molar-refractivity contribution is -0.140. The van der Waals surface area contributed by atoms with E-state index in [0.717, 1.165) is 24.8 Å². The molecule has 4 rings (SSSR count). The topological polar surface area (TPSA) is 79.7 Å². The largest absolute Gasteiger partial charge is 0.507 e. The third-order valence-corrected chi connectivity index (χ3v) is 6.27. The van der Waals surface area contributed by atoms with E-state index >= 15 is 0 Å². The van der Waals surface area contributed by atoms with Gasteiger partial charge in [-0.3, -0.25) is 14.6 Å². The molecule has 1 atom stereocenters. The van der Waals surface area contributed by atoms with Crippen LogP contribution in [0.5, 0.6) is 5.75 Å². The summed E-state index contributed by atoms with van der Waals surface area (Å²) in [5, 5.41) is 11.1. The molecule has 1 saturated heterocycles. The van der Waals surface area contributed by atoms with Crippen molar-refractivity contribution in [2.24, 2.45) is 0 Å². The number of ketones is 1. The Morgan fingerprint density at radius 3 is 2.56 bits per heavy atom. The van der Waals surface area contributed by atoms with Gasteiger partial charge in [-0.05, 0) is 54.3 Å². The van der Waals surface area contributed by atoms with Gasteiger partial charge in [-0.1, -0.05) is 50.1 Å². The number of aliphatic hydroxyl groups excluding tert-OH is 1. The van der Waals surface area contributed by atoms with E-state index in [1.54, 1.807) is 49.6 Å². The number of ether oxygens (including phenoxy) is 1. The van der Waals surface area contributed by atoms with E-state index in [1.165, 1.54) is 23.1 Å². The minimum atomic E-state index is -0.858. The molecule has 0 radical (unpaired) electrons. The molecule has 186 valence electrons. The van der Waals surface area contributed by atoms with Crippen LogP contribution in [0.4, 0.5) is 4.39 Å². The summed E-state index contributed by atoms with van der Waals surface area (Å²) in [6.45, 7) is 4.46. The monoisotopic (exact) mass is 488 g/mol. The Morgan fingerprint density at radius 2 is 1.89 bits per heavy atom. The average molecular weight is 489 g/mol. The first-order valence-corrected chi connectivity index (χ1v) is 12.1. The highest BCUT2D eigenvalue weighted by Crippen LogP contribution is 2.40. The fraction of sp³-hybridized carbons (Fsp3) is 0.276. The second kappa shape index (κ2) is 11.2. The summed E-state index contributed by atoms with van der Waals surface area (Å²) in [7, 11) is 0. The van der Waals surface area contributed by atoms with Gasteiger partial charge in [-0.15, -0.1) is 0 Å². The number of hydrogen-bond acceptors (Lipinski definition) is 5. The van der Waals surface area contributed by atoms with Gasteiger partial charge in [0.1, 0.15) is 17.3 Å². The van der Waals surface area contributed by atoms with Crippen molar-refractivity contribution in [2.45, 2.75) is 45.7 Å². The molecule has 1 amide bonds. The molecule has 2 heterocycles. The van der Waals surface area contributed by atoms with Crippen molar-refractivity contribution < 1.29 is 23.8 Å². The lowest BCUT2D eigenvalue weighted by Crippen LogP contribution is -2.29. The standard InChI is InChI=1S/C29H29FN2O4/c1-3-4-5-15-36-23-12-10-21(11-13-23)26-25(27(33)22-9-8-19(2)24(30)16-22)28(34)29(35)32(26)18-20-7-6-14-31-17-20/h6-14,16-17,26,33H,3-5,15,18H2,1-2H3/b27-25-. The molecule has 1 fully saturated rings. The first kappa shape index (κ1) is 25.1. The molecule has 1 N–H and O–H groups in total. The zero-order valence-corrected chi connectivity index (χ0v) is 20.4. The fourth-order valence-electron chi connectivity index (χ4n) is 4.26. The number of aliphatic hydroxyl groups is 1. The van der Waals surface area contributed by atoms with Gasteiger partial charge in [-0.2, -0.15) is 0 Å². The number of amides is 1. The first-order valence-electron chi connectivity index (χ1n) is 12.1. The molecule has 1 unspecified atom stereocenters. The number of carbonyl (C=O) groups excluding carboxylic acids is 2. The molecule has 2 aromatic carbocycles. The van der Waals surface area contributed by atoms with Crippen molar-refractivity contribution >= 4 is 17.4 Å². The van der Waals surface area contributed by atoms with Gasteiger partial charge in [-0.25, -0.2) is 4.39 Å². The predicted octanol–water partition coefficient (Wildman–Crippen LogP) is 5.72. The molecule has 0 aliphatic carbocycles. The number of nitrogens with zero attached hydrogens (tertiary/aromatic N) is 2. The van der Waals surface area contributed by atoms with Crippen molar-refractivity contribution in [3.05, 3.63) is 101 Å². The van der Waals surface area contributed by atoms with E-state index in [-0.39, 0.29) is 17.7 Å².